The van der Waals surface area contributed by atoms with E-state index in [0.29, 0.717) is 25.7 Å². The van der Waals surface area contributed by atoms with Crippen LogP contribution in [0.3, 0.4) is 0 Å². The highest BCUT2D eigenvalue weighted by atomic mass is 19.4. The van der Waals surface area contributed by atoms with Crippen LogP contribution < -0.4 is 16.0 Å². The van der Waals surface area contributed by atoms with E-state index in [1.165, 1.54) is 71.1 Å². The van der Waals surface area contributed by atoms with Crippen LogP contribution in [0.5, 0.6) is 0 Å². The number of hydrogen-bond donors (Lipinski definition) is 3. The lowest BCUT2D eigenvalue weighted by Crippen LogP contribution is -2.71. The predicted octanol–water partition coefficient (Wildman–Crippen LogP) is 6.74. The molecule has 2 saturated heterocycles. The average Bonchev–Trinajstić information content (AvgIpc) is 1.31. The van der Waals surface area contributed by atoms with Crippen molar-refractivity contribution in [2.24, 2.45) is 40.9 Å². The minimum atomic E-state index is -5.22. The number of rotatable bonds is 14. The second kappa shape index (κ2) is 37.4. The monoisotopic (exact) mass is 1560 g/mol. The predicted molar refractivity (Wildman–Crippen MR) is 386 cm³/mol. The van der Waals surface area contributed by atoms with E-state index in [9.17, 15) is 55.1 Å². The van der Waals surface area contributed by atoms with Crippen LogP contribution in [0, 0.1) is 40.9 Å². The minimum Gasteiger partial charge on any atom is -0.377 e. The highest BCUT2D eigenvalue weighted by molar-refractivity contribution is 6.01. The van der Waals surface area contributed by atoms with Gasteiger partial charge >= 0.3 is 12.4 Å². The third-order valence-electron chi connectivity index (χ3n) is 24.1. The molecule has 33 heteroatoms. The topological polar surface area (TPSA) is 279 Å². The maximum Gasteiger partial charge on any atom is 0.397 e. The number of nitrogens with zero attached hydrogens (tertiary/aromatic N) is 9. The first-order chi connectivity index (χ1) is 50.9. The molecule has 109 heavy (non-hydrogen) atoms. The van der Waals surface area contributed by atoms with Gasteiger partial charge in [-0.05, 0) is 132 Å². The molecule has 3 heterocycles. The summed E-state index contributed by atoms with van der Waals surface area (Å²) < 4.78 is 121. The fourth-order valence-corrected chi connectivity index (χ4v) is 17.4. The molecule has 7 rings (SSSR count). The fourth-order valence-electron chi connectivity index (χ4n) is 17.4. The molecule has 1 spiro atoms. The molecule has 2 unspecified atom stereocenters. The van der Waals surface area contributed by atoms with Gasteiger partial charge in [-0.15, -0.1) is 0 Å². The summed E-state index contributed by atoms with van der Waals surface area (Å²) in [7, 11) is 10.8. The van der Waals surface area contributed by atoms with Gasteiger partial charge in [0.1, 0.15) is 72.1 Å². The van der Waals surface area contributed by atoms with E-state index < -0.39 is 229 Å². The SMILES string of the molecule is CCC[C@H]1C(=O)N[C@@H]([C@H](C)CC)C(=O)N(C)CC(=O)N(C)[C@H]2C/C=C\CCN(C2=O)[C@@H](CC2CCC(C(F)(F)F)CC2)C(=O)N(C)CC(=O)N[C@@H](CCC2CC(F)C(C(F)(F)F)C(F)C2)C(=O)N2C[C@H](OCC)C[C@H]2C(=O)NC2(CC(C)(C)C2)C(=O)N(C)[C@@H](CC2CCC2)C(=O)N(C)[C@@H](C(=O)N(C)C)CC(=O)N1C. The van der Waals surface area contributed by atoms with E-state index in [-0.39, 0.29) is 109 Å². The molecule has 616 valence electrons. The summed E-state index contributed by atoms with van der Waals surface area (Å²) >= 11 is 0. The molecule has 12 amide bonds. The lowest BCUT2D eigenvalue weighted by Gasteiger charge is -2.54. The fraction of sp³-hybridized carbons (Fsp3) is 0.816. The van der Waals surface area contributed by atoms with Gasteiger partial charge in [0.05, 0.1) is 31.5 Å². The molecule has 0 aromatic rings. The molecule has 12 atom stereocenters. The molecular weight excluding hydrogens is 1440 g/mol. The summed E-state index contributed by atoms with van der Waals surface area (Å²) in [6, 6.07) is -11.4. The Bertz CT molecular complexity index is 3280. The van der Waals surface area contributed by atoms with Gasteiger partial charge < -0.3 is 64.8 Å². The lowest BCUT2D eigenvalue weighted by atomic mass is 9.58. The zero-order valence-corrected chi connectivity index (χ0v) is 65.9. The van der Waals surface area contributed by atoms with Crippen molar-refractivity contribution in [3.8, 4) is 0 Å². The smallest absolute Gasteiger partial charge is 0.377 e. The molecule has 0 aromatic carbocycles. The van der Waals surface area contributed by atoms with Crippen LogP contribution in [-0.4, -0.2) is 289 Å². The van der Waals surface area contributed by atoms with Crippen molar-refractivity contribution in [3.63, 3.8) is 0 Å². The first-order valence-electron chi connectivity index (χ1n) is 38.9. The largest absolute Gasteiger partial charge is 0.397 e. The maximum atomic E-state index is 15.7. The summed E-state index contributed by atoms with van der Waals surface area (Å²) in [4.78, 5) is 191. The summed E-state index contributed by atoms with van der Waals surface area (Å²) in [5.41, 5.74) is -2.37. The maximum absolute atomic E-state index is 15.7. The number of hydrogen-bond acceptors (Lipinski definition) is 13. The van der Waals surface area contributed by atoms with Crippen molar-refractivity contribution in [1.82, 2.24) is 60.0 Å². The third-order valence-corrected chi connectivity index (χ3v) is 24.1. The molecular formula is C76H118F8N12O13. The Kier molecular flexibility index (Phi) is 30.5. The van der Waals surface area contributed by atoms with E-state index in [1.807, 2.05) is 13.8 Å². The molecule has 7 aliphatic rings. The quantitative estimate of drug-likeness (QED) is 0.120. The highest BCUT2D eigenvalue weighted by Crippen LogP contribution is 2.50. The van der Waals surface area contributed by atoms with Crippen LogP contribution >= 0.6 is 0 Å². The van der Waals surface area contributed by atoms with Crippen molar-refractivity contribution in [3.05, 3.63) is 12.2 Å². The Morgan fingerprint density at radius 1 is 0.624 bits per heavy atom. The lowest BCUT2D eigenvalue weighted by molar-refractivity contribution is -0.219. The van der Waals surface area contributed by atoms with Gasteiger partial charge in [0, 0.05) is 82.5 Å². The first-order valence-corrected chi connectivity index (χ1v) is 38.9. The summed E-state index contributed by atoms with van der Waals surface area (Å²) in [5, 5.41) is 8.44. The van der Waals surface area contributed by atoms with E-state index in [4.69, 9.17) is 4.74 Å². The van der Waals surface area contributed by atoms with Crippen molar-refractivity contribution in [1.29, 1.82) is 0 Å². The number of carbonyl (C=O) groups is 12. The van der Waals surface area contributed by atoms with E-state index in [0.717, 1.165) is 35.8 Å². The van der Waals surface area contributed by atoms with E-state index in [2.05, 4.69) is 16.0 Å². The Morgan fingerprint density at radius 2 is 1.23 bits per heavy atom. The minimum absolute atomic E-state index is 0.00624. The molecule has 0 radical (unpaired) electrons. The Labute approximate surface area is 635 Å². The van der Waals surface area contributed by atoms with Crippen LogP contribution in [0.2, 0.25) is 0 Å². The Morgan fingerprint density at radius 3 is 1.78 bits per heavy atom. The molecule has 0 aromatic heterocycles. The number of likely N-dealkylation sites (N-methyl/N-ethyl adjacent to an activating group) is 7. The zero-order chi connectivity index (χ0) is 81.3. The van der Waals surface area contributed by atoms with Crippen LogP contribution in [-0.2, 0) is 62.3 Å². The second-order valence-corrected chi connectivity index (χ2v) is 33.0. The summed E-state index contributed by atoms with van der Waals surface area (Å²) in [5.74, 6) is -16.5. The third kappa shape index (κ3) is 21.7. The molecule has 3 aliphatic heterocycles. The van der Waals surface area contributed by atoms with Gasteiger partial charge in [0.2, 0.25) is 70.9 Å². The van der Waals surface area contributed by atoms with Gasteiger partial charge in [-0.25, -0.2) is 8.78 Å². The first kappa shape index (κ1) is 89.0. The number of alkyl halides is 8. The molecule has 3 N–H and O–H groups in total. The molecule has 2 bridgehead atoms. The zero-order valence-electron chi connectivity index (χ0n) is 65.9. The van der Waals surface area contributed by atoms with E-state index in [1.54, 1.807) is 39.8 Å². The Balaban J connectivity index is 1.33. The van der Waals surface area contributed by atoms with Gasteiger partial charge in [-0.3, -0.25) is 57.5 Å². The second-order valence-electron chi connectivity index (χ2n) is 33.0. The average molecular weight is 1560 g/mol. The molecule has 4 saturated carbocycles. The number of carbonyl (C=O) groups excluding carboxylic acids is 12. The van der Waals surface area contributed by atoms with Gasteiger partial charge in [0.25, 0.3) is 0 Å². The van der Waals surface area contributed by atoms with Crippen LogP contribution in [0.1, 0.15) is 183 Å². The van der Waals surface area contributed by atoms with Gasteiger partial charge in [-0.2, -0.15) is 26.3 Å². The van der Waals surface area contributed by atoms with E-state index >= 15 is 37.5 Å². The summed E-state index contributed by atoms with van der Waals surface area (Å²) in [6.07, 6.45) is -13.4. The van der Waals surface area contributed by atoms with Crippen molar-refractivity contribution >= 4 is 70.9 Å². The number of fused-ring (bicyclic) bond motifs is 3. The number of amides is 12. The highest BCUT2D eigenvalue weighted by Gasteiger charge is 2.60. The van der Waals surface area contributed by atoms with Gasteiger partial charge in [0.15, 0.2) is 0 Å². The van der Waals surface area contributed by atoms with Crippen molar-refractivity contribution in [2.75, 3.05) is 89.2 Å². The summed E-state index contributed by atoms with van der Waals surface area (Å²) in [6.45, 7) is 8.70. The molecule has 6 fully saturated rings. The van der Waals surface area contributed by atoms with Gasteiger partial charge in [-0.1, -0.05) is 78.9 Å². The van der Waals surface area contributed by atoms with Crippen LogP contribution in [0.4, 0.5) is 35.1 Å². The van der Waals surface area contributed by atoms with Crippen LogP contribution in [0.15, 0.2) is 12.2 Å². The number of halogens is 8. The standard InChI is InChI=1S/C76H118F8N12O13/c1-15-22-53-64(100)86-63(44(4)16-2)71(107)90(10)41-61(99)92(12)54-25-19-18-20-32-95(70(54)106)58(36-46-26-29-48(30-27-46)75(79,80)81)68(104)89(9)40-59(97)85-52(31-28-47-33-50(77)62(51(78)34-47)76(82,83)84)66(102)96-39-49(109-17-3)37-55(96)65(101)87-74(42-73(5,6)43-74)72(108)94(14)56(35-45-23-21-24-45)69(105)93(13)57(67(103)88(7)8)38-60(98)91(53)11/h18-19,44-58,62-63H,15-17,20-43H2,1-14H3,(H,85,97)(H,86,100)(H,87,101)/b19-18-/t44-,46?,47?,48?,49-,50?,51?,52+,53+,54+,55+,56+,57-,58+,62?,63+/m1/s1. The Hall–Kier alpha value is -7.22. The molecule has 25 nitrogen and oxygen atoms in total. The van der Waals surface area contributed by atoms with Crippen molar-refractivity contribution < 1.29 is 97.4 Å². The van der Waals surface area contributed by atoms with Crippen molar-refractivity contribution in [2.45, 2.75) is 267 Å². The normalized spacial score (nSPS) is 32.1. The molecule has 4 aliphatic carbocycles. The number of ether oxygens (including phenoxy) is 1. The van der Waals surface area contributed by atoms with Crippen LogP contribution in [0.25, 0.3) is 0 Å². The number of nitrogens with one attached hydrogen (secondary N) is 3.